The van der Waals surface area contributed by atoms with E-state index in [1.165, 1.54) is 5.39 Å². The highest BCUT2D eigenvalue weighted by atomic mass is 79.9. The molecular formula is C18H14BrClN2. The molecule has 4 heteroatoms. The van der Waals surface area contributed by atoms with Gasteiger partial charge in [-0.3, -0.25) is 0 Å². The van der Waals surface area contributed by atoms with Crippen molar-refractivity contribution < 1.29 is 0 Å². The van der Waals surface area contributed by atoms with E-state index in [1.54, 1.807) is 0 Å². The van der Waals surface area contributed by atoms with Crippen molar-refractivity contribution >= 4 is 55.8 Å². The summed E-state index contributed by atoms with van der Waals surface area (Å²) in [5.74, 6) is 0. The van der Waals surface area contributed by atoms with Crippen LogP contribution in [0.5, 0.6) is 0 Å². The number of hydrogen-bond acceptors (Lipinski definition) is 1. The Morgan fingerprint density at radius 2 is 1.50 bits per heavy atom. The molecule has 0 saturated carbocycles. The zero-order valence-corrected chi connectivity index (χ0v) is 14.1. The van der Waals surface area contributed by atoms with Crippen molar-refractivity contribution in [2.45, 2.75) is 0 Å². The van der Waals surface area contributed by atoms with Crippen LogP contribution >= 0.6 is 28.3 Å². The van der Waals surface area contributed by atoms with Crippen molar-refractivity contribution in [3.63, 3.8) is 0 Å². The third-order valence-corrected chi connectivity index (χ3v) is 4.45. The van der Waals surface area contributed by atoms with Gasteiger partial charge in [-0.05, 0) is 46.3 Å². The quantitative estimate of drug-likeness (QED) is 0.436. The summed E-state index contributed by atoms with van der Waals surface area (Å²) < 4.78 is 3.30. The second-order valence-corrected chi connectivity index (χ2v) is 5.90. The highest BCUT2D eigenvalue weighted by Gasteiger charge is 2.15. The largest absolute Gasteiger partial charge is 0.398 e. The van der Waals surface area contributed by atoms with E-state index in [9.17, 15) is 0 Å². The SMILES string of the molecule is Cl.Nc1ccc(Br)c2c1c1ccccc1n2-c1ccccc1. The number of nitrogen functional groups attached to an aromatic ring is 1. The summed E-state index contributed by atoms with van der Waals surface area (Å²) in [6.07, 6.45) is 0. The summed E-state index contributed by atoms with van der Waals surface area (Å²) in [6, 6.07) is 22.7. The van der Waals surface area contributed by atoms with Crippen LogP contribution in [0.2, 0.25) is 0 Å². The molecule has 1 heterocycles. The summed E-state index contributed by atoms with van der Waals surface area (Å²) >= 11 is 3.68. The molecule has 2 nitrogen and oxygen atoms in total. The normalized spacial score (nSPS) is 10.8. The Bertz CT molecular complexity index is 961. The van der Waals surface area contributed by atoms with Gasteiger partial charge in [0, 0.05) is 26.6 Å². The molecule has 0 saturated heterocycles. The first-order valence-electron chi connectivity index (χ1n) is 6.80. The van der Waals surface area contributed by atoms with Gasteiger partial charge in [-0.1, -0.05) is 36.4 Å². The van der Waals surface area contributed by atoms with Gasteiger partial charge >= 0.3 is 0 Å². The fourth-order valence-corrected chi connectivity index (χ4v) is 3.44. The van der Waals surface area contributed by atoms with Gasteiger partial charge in [-0.15, -0.1) is 12.4 Å². The molecule has 4 rings (SSSR count). The van der Waals surface area contributed by atoms with E-state index in [4.69, 9.17) is 5.73 Å². The van der Waals surface area contributed by atoms with Crippen LogP contribution in [-0.4, -0.2) is 4.57 Å². The molecule has 3 aromatic carbocycles. The van der Waals surface area contributed by atoms with Crippen LogP contribution in [0.3, 0.4) is 0 Å². The summed E-state index contributed by atoms with van der Waals surface area (Å²) in [7, 11) is 0. The lowest BCUT2D eigenvalue weighted by molar-refractivity contribution is 1.18. The number of fused-ring (bicyclic) bond motifs is 3. The van der Waals surface area contributed by atoms with Crippen LogP contribution in [0.4, 0.5) is 5.69 Å². The molecule has 0 aliphatic rings. The van der Waals surface area contributed by atoms with Gasteiger partial charge in [-0.25, -0.2) is 0 Å². The fraction of sp³-hybridized carbons (Fsp3) is 0. The maximum atomic E-state index is 6.25. The number of halogens is 2. The first-order chi connectivity index (χ1) is 10.3. The van der Waals surface area contributed by atoms with E-state index in [0.29, 0.717) is 0 Å². The molecule has 0 atom stereocenters. The Morgan fingerprint density at radius 3 is 2.27 bits per heavy atom. The number of para-hydroxylation sites is 2. The molecule has 0 unspecified atom stereocenters. The van der Waals surface area contributed by atoms with E-state index in [-0.39, 0.29) is 12.4 Å². The van der Waals surface area contributed by atoms with Crippen LogP contribution in [0.25, 0.3) is 27.5 Å². The van der Waals surface area contributed by atoms with Gasteiger partial charge in [0.25, 0.3) is 0 Å². The third-order valence-electron chi connectivity index (χ3n) is 3.81. The molecule has 22 heavy (non-hydrogen) atoms. The molecular weight excluding hydrogens is 360 g/mol. The topological polar surface area (TPSA) is 30.9 Å². The third kappa shape index (κ3) is 2.09. The van der Waals surface area contributed by atoms with Gasteiger partial charge in [0.1, 0.15) is 0 Å². The van der Waals surface area contributed by atoms with Crippen LogP contribution < -0.4 is 5.73 Å². The Labute approximate surface area is 143 Å². The summed E-state index contributed by atoms with van der Waals surface area (Å²) in [5.41, 5.74) is 10.5. The molecule has 0 aliphatic carbocycles. The molecule has 0 radical (unpaired) electrons. The minimum Gasteiger partial charge on any atom is -0.398 e. The van der Waals surface area contributed by atoms with Crippen LogP contribution in [0.15, 0.2) is 71.2 Å². The van der Waals surface area contributed by atoms with E-state index in [0.717, 1.165) is 32.3 Å². The van der Waals surface area contributed by atoms with Gasteiger partial charge in [0.15, 0.2) is 0 Å². The first-order valence-corrected chi connectivity index (χ1v) is 7.59. The molecule has 2 N–H and O–H groups in total. The summed E-state index contributed by atoms with van der Waals surface area (Å²) in [5, 5.41) is 2.28. The predicted molar refractivity (Wildman–Crippen MR) is 100 cm³/mol. The van der Waals surface area contributed by atoms with Crippen molar-refractivity contribution in [3.05, 3.63) is 71.2 Å². The second-order valence-electron chi connectivity index (χ2n) is 5.05. The molecule has 4 aromatic rings. The van der Waals surface area contributed by atoms with E-state index < -0.39 is 0 Å². The van der Waals surface area contributed by atoms with Gasteiger partial charge in [0.05, 0.1) is 11.0 Å². The average Bonchev–Trinajstić information content (AvgIpc) is 2.88. The Kier molecular flexibility index (Phi) is 3.85. The first kappa shape index (κ1) is 14.9. The predicted octanol–water partition coefficient (Wildman–Crippen LogP) is 5.55. The maximum absolute atomic E-state index is 6.25. The number of anilines is 1. The van der Waals surface area contributed by atoms with Crippen molar-refractivity contribution in [1.82, 2.24) is 4.57 Å². The van der Waals surface area contributed by atoms with Crippen LogP contribution in [-0.2, 0) is 0 Å². The monoisotopic (exact) mass is 372 g/mol. The van der Waals surface area contributed by atoms with E-state index in [1.807, 2.05) is 18.2 Å². The van der Waals surface area contributed by atoms with E-state index in [2.05, 4.69) is 69.0 Å². The van der Waals surface area contributed by atoms with Crippen molar-refractivity contribution in [2.24, 2.45) is 0 Å². The van der Waals surface area contributed by atoms with Crippen molar-refractivity contribution in [3.8, 4) is 5.69 Å². The number of rotatable bonds is 1. The standard InChI is InChI=1S/C18H13BrN2.ClH/c19-14-10-11-15(20)17-13-8-4-5-9-16(13)21(18(14)17)12-6-2-1-3-7-12;/h1-11H,20H2;1H. The van der Waals surface area contributed by atoms with Gasteiger partial charge in [-0.2, -0.15) is 0 Å². The lowest BCUT2D eigenvalue weighted by Crippen LogP contribution is -1.94. The molecule has 0 fully saturated rings. The molecule has 0 aliphatic heterocycles. The highest BCUT2D eigenvalue weighted by molar-refractivity contribution is 9.10. The fourth-order valence-electron chi connectivity index (χ4n) is 2.93. The minimum absolute atomic E-state index is 0. The Hall–Kier alpha value is -1.97. The molecule has 0 bridgehead atoms. The Morgan fingerprint density at radius 1 is 0.818 bits per heavy atom. The van der Waals surface area contributed by atoms with E-state index >= 15 is 0 Å². The number of aromatic nitrogens is 1. The second kappa shape index (κ2) is 5.67. The molecule has 110 valence electrons. The zero-order chi connectivity index (χ0) is 14.4. The number of benzene rings is 3. The molecule has 0 spiro atoms. The zero-order valence-electron chi connectivity index (χ0n) is 11.7. The molecule has 0 amide bonds. The highest BCUT2D eigenvalue weighted by Crippen LogP contribution is 2.38. The summed E-state index contributed by atoms with van der Waals surface area (Å²) in [4.78, 5) is 0. The maximum Gasteiger partial charge on any atom is 0.0703 e. The van der Waals surface area contributed by atoms with Crippen LogP contribution in [0.1, 0.15) is 0 Å². The lowest BCUT2D eigenvalue weighted by Gasteiger charge is -2.09. The van der Waals surface area contributed by atoms with Crippen LogP contribution in [0, 0.1) is 0 Å². The number of nitrogens with zero attached hydrogens (tertiary/aromatic N) is 1. The van der Waals surface area contributed by atoms with Gasteiger partial charge < -0.3 is 10.3 Å². The Balaban J connectivity index is 0.00000144. The number of nitrogens with two attached hydrogens (primary N) is 1. The average molecular weight is 374 g/mol. The minimum atomic E-state index is 0. The molecule has 1 aromatic heterocycles. The summed E-state index contributed by atoms with van der Waals surface area (Å²) in [6.45, 7) is 0. The number of hydrogen-bond donors (Lipinski definition) is 1. The van der Waals surface area contributed by atoms with Crippen molar-refractivity contribution in [2.75, 3.05) is 5.73 Å². The smallest absolute Gasteiger partial charge is 0.0703 e. The van der Waals surface area contributed by atoms with Gasteiger partial charge in [0.2, 0.25) is 0 Å². The van der Waals surface area contributed by atoms with Crippen molar-refractivity contribution in [1.29, 1.82) is 0 Å². The lowest BCUT2D eigenvalue weighted by atomic mass is 10.1.